The first-order valence-corrected chi connectivity index (χ1v) is 14.2. The smallest absolute Gasteiger partial charge is 0.324 e. The summed E-state index contributed by atoms with van der Waals surface area (Å²) in [6.45, 7) is 0.586. The standard InChI is InChI=1S/C24H37N3O4S2/c1-31-16-24(12-9-18(10-13-24)17-7-8-17)27(19-5-3-2-4-6-19)23(30)26-22-25-15-21(33-22)32-14-11-20(28)29/h15,17-19H,2-14,16H2,1H3,(H,28,29)(H,25,26,30)/t18-,24-. The molecule has 33 heavy (non-hydrogen) atoms. The molecule has 0 aliphatic heterocycles. The highest BCUT2D eigenvalue weighted by Crippen LogP contribution is 2.48. The van der Waals surface area contributed by atoms with Crippen LogP contribution < -0.4 is 5.32 Å². The lowest BCUT2D eigenvalue weighted by Crippen LogP contribution is -2.61. The number of thioether (sulfide) groups is 1. The second-order valence-electron chi connectivity index (χ2n) is 9.90. The predicted octanol–water partition coefficient (Wildman–Crippen LogP) is 5.86. The number of hydrogen-bond acceptors (Lipinski definition) is 6. The number of carbonyl (C=O) groups is 2. The minimum Gasteiger partial charge on any atom is -0.481 e. The number of carboxylic acid groups (broad SMARTS) is 1. The normalized spacial score (nSPS) is 26.2. The number of nitrogens with one attached hydrogen (secondary N) is 1. The first-order chi connectivity index (χ1) is 16.0. The number of urea groups is 1. The molecule has 3 saturated carbocycles. The maximum Gasteiger partial charge on any atom is 0.324 e. The number of carbonyl (C=O) groups excluding carboxylic acids is 1. The summed E-state index contributed by atoms with van der Waals surface area (Å²) in [4.78, 5) is 31.1. The SMILES string of the molecule is COC[C@]1(N(C(=O)Nc2ncc(SCCC(=O)O)s2)C2CCCCC2)CC[C@H](C2CC2)CC1. The zero-order chi connectivity index (χ0) is 23.3. The van der Waals surface area contributed by atoms with Crippen LogP contribution in [0.15, 0.2) is 10.4 Å². The zero-order valence-electron chi connectivity index (χ0n) is 19.6. The molecule has 3 fully saturated rings. The predicted molar refractivity (Wildman–Crippen MR) is 132 cm³/mol. The average molecular weight is 496 g/mol. The minimum absolute atomic E-state index is 0.0553. The number of carboxylic acids is 1. The fourth-order valence-electron chi connectivity index (χ4n) is 5.82. The Labute approximate surface area is 205 Å². The van der Waals surface area contributed by atoms with Crippen LogP contribution >= 0.6 is 23.1 Å². The Morgan fingerprint density at radius 2 is 1.88 bits per heavy atom. The Bertz CT molecular complexity index is 799. The summed E-state index contributed by atoms with van der Waals surface area (Å²) in [7, 11) is 1.76. The molecular weight excluding hydrogens is 458 g/mol. The lowest BCUT2D eigenvalue weighted by molar-refractivity contribution is -0.136. The fraction of sp³-hybridized carbons (Fsp3) is 0.792. The molecule has 0 bridgehead atoms. The van der Waals surface area contributed by atoms with Crippen molar-refractivity contribution in [3.63, 3.8) is 0 Å². The van der Waals surface area contributed by atoms with Crippen molar-refractivity contribution in [3.8, 4) is 0 Å². The van der Waals surface area contributed by atoms with Crippen LogP contribution in [0.3, 0.4) is 0 Å². The van der Waals surface area contributed by atoms with E-state index in [1.807, 2.05) is 0 Å². The highest BCUT2D eigenvalue weighted by molar-refractivity contribution is 8.01. The van der Waals surface area contributed by atoms with Crippen LogP contribution in [-0.4, -0.2) is 58.0 Å². The van der Waals surface area contributed by atoms with E-state index in [1.165, 1.54) is 68.0 Å². The molecular formula is C24H37N3O4S2. The molecule has 3 aliphatic rings. The molecule has 0 radical (unpaired) electrons. The maximum absolute atomic E-state index is 13.8. The van der Waals surface area contributed by atoms with Gasteiger partial charge in [-0.05, 0) is 63.2 Å². The maximum atomic E-state index is 13.8. The van der Waals surface area contributed by atoms with Gasteiger partial charge in [0, 0.05) is 18.9 Å². The van der Waals surface area contributed by atoms with E-state index in [9.17, 15) is 9.59 Å². The van der Waals surface area contributed by atoms with E-state index in [0.29, 0.717) is 17.5 Å². The van der Waals surface area contributed by atoms with E-state index in [-0.39, 0.29) is 24.0 Å². The van der Waals surface area contributed by atoms with Gasteiger partial charge in [0.2, 0.25) is 0 Å². The Balaban J connectivity index is 1.48. The first kappa shape index (κ1) is 24.8. The van der Waals surface area contributed by atoms with E-state index in [4.69, 9.17) is 9.84 Å². The molecule has 4 rings (SSSR count). The summed E-state index contributed by atoms with van der Waals surface area (Å²) < 4.78 is 6.67. The van der Waals surface area contributed by atoms with Crippen molar-refractivity contribution < 1.29 is 19.4 Å². The topological polar surface area (TPSA) is 91.8 Å². The summed E-state index contributed by atoms with van der Waals surface area (Å²) in [6, 6.07) is 0.191. The highest BCUT2D eigenvalue weighted by Gasteiger charge is 2.48. The van der Waals surface area contributed by atoms with E-state index < -0.39 is 5.97 Å². The Morgan fingerprint density at radius 3 is 2.52 bits per heavy atom. The van der Waals surface area contributed by atoms with Gasteiger partial charge in [0.1, 0.15) is 0 Å². The first-order valence-electron chi connectivity index (χ1n) is 12.4. The highest BCUT2D eigenvalue weighted by atomic mass is 32.2. The number of anilines is 1. The van der Waals surface area contributed by atoms with Gasteiger partial charge >= 0.3 is 12.0 Å². The Morgan fingerprint density at radius 1 is 1.18 bits per heavy atom. The van der Waals surface area contributed by atoms with Crippen molar-refractivity contribution in [1.29, 1.82) is 0 Å². The van der Waals surface area contributed by atoms with Crippen LogP contribution in [0, 0.1) is 11.8 Å². The molecule has 184 valence electrons. The van der Waals surface area contributed by atoms with Crippen LogP contribution in [0.4, 0.5) is 9.93 Å². The lowest BCUT2D eigenvalue weighted by Gasteiger charge is -2.51. The summed E-state index contributed by atoms with van der Waals surface area (Å²) in [6.07, 6.45) is 14.7. The van der Waals surface area contributed by atoms with Crippen LogP contribution in [-0.2, 0) is 9.53 Å². The largest absolute Gasteiger partial charge is 0.481 e. The Kier molecular flexibility index (Phi) is 8.57. The Hall–Kier alpha value is -1.32. The molecule has 2 N–H and O–H groups in total. The molecule has 1 aromatic rings. The zero-order valence-corrected chi connectivity index (χ0v) is 21.2. The number of rotatable bonds is 10. The van der Waals surface area contributed by atoms with Crippen LogP contribution in [0.1, 0.15) is 77.0 Å². The summed E-state index contributed by atoms with van der Waals surface area (Å²) in [5.41, 5.74) is -0.247. The molecule has 1 aromatic heterocycles. The van der Waals surface area contributed by atoms with Crippen molar-refractivity contribution >= 4 is 40.2 Å². The molecule has 0 saturated heterocycles. The number of aromatic nitrogens is 1. The number of thiazole rings is 1. The molecule has 1 heterocycles. The number of ether oxygens (including phenoxy) is 1. The number of aliphatic carboxylic acids is 1. The van der Waals surface area contributed by atoms with Crippen molar-refractivity contribution in [2.45, 2.75) is 92.8 Å². The number of amides is 2. The van der Waals surface area contributed by atoms with Crippen molar-refractivity contribution in [3.05, 3.63) is 6.20 Å². The van der Waals surface area contributed by atoms with Gasteiger partial charge in [0.15, 0.2) is 5.13 Å². The van der Waals surface area contributed by atoms with E-state index in [0.717, 1.165) is 41.7 Å². The molecule has 0 atom stereocenters. The molecule has 2 amide bonds. The molecule has 0 unspecified atom stereocenters. The van der Waals surface area contributed by atoms with Crippen molar-refractivity contribution in [1.82, 2.24) is 9.88 Å². The van der Waals surface area contributed by atoms with Crippen LogP contribution in [0.2, 0.25) is 0 Å². The molecule has 0 spiro atoms. The van der Waals surface area contributed by atoms with Crippen molar-refractivity contribution in [2.75, 3.05) is 24.8 Å². The third-order valence-corrected chi connectivity index (χ3v) is 9.70. The van der Waals surface area contributed by atoms with Gasteiger partial charge in [-0.2, -0.15) is 0 Å². The van der Waals surface area contributed by atoms with Crippen LogP contribution in [0.5, 0.6) is 0 Å². The number of methoxy groups -OCH3 is 1. The average Bonchev–Trinajstić information content (AvgIpc) is 3.55. The van der Waals surface area contributed by atoms with Gasteiger partial charge < -0.3 is 14.7 Å². The molecule has 9 heteroatoms. The van der Waals surface area contributed by atoms with Crippen LogP contribution in [0.25, 0.3) is 0 Å². The fourth-order valence-corrected chi connectivity index (χ4v) is 7.69. The van der Waals surface area contributed by atoms with Gasteiger partial charge in [-0.25, -0.2) is 9.78 Å². The minimum atomic E-state index is -0.802. The molecule has 0 aromatic carbocycles. The van der Waals surface area contributed by atoms with E-state index >= 15 is 0 Å². The summed E-state index contributed by atoms with van der Waals surface area (Å²) in [5.74, 6) is 1.42. The molecule has 7 nitrogen and oxygen atoms in total. The quantitative estimate of drug-likeness (QED) is 0.395. The van der Waals surface area contributed by atoms with Gasteiger partial charge in [-0.1, -0.05) is 30.6 Å². The summed E-state index contributed by atoms with van der Waals surface area (Å²) in [5, 5.41) is 12.5. The molecule has 3 aliphatic carbocycles. The van der Waals surface area contributed by atoms with Gasteiger partial charge in [-0.15, -0.1) is 11.8 Å². The lowest BCUT2D eigenvalue weighted by atomic mass is 9.73. The van der Waals surface area contributed by atoms with E-state index in [2.05, 4.69) is 15.2 Å². The van der Waals surface area contributed by atoms with E-state index in [1.54, 1.807) is 13.3 Å². The number of hydrogen-bond donors (Lipinski definition) is 2. The summed E-state index contributed by atoms with van der Waals surface area (Å²) >= 11 is 2.89. The third kappa shape index (κ3) is 6.42. The monoisotopic (exact) mass is 495 g/mol. The number of nitrogens with zero attached hydrogens (tertiary/aromatic N) is 2. The van der Waals surface area contributed by atoms with Gasteiger partial charge in [0.25, 0.3) is 0 Å². The van der Waals surface area contributed by atoms with Gasteiger partial charge in [0.05, 0.1) is 29.0 Å². The van der Waals surface area contributed by atoms with Gasteiger partial charge in [-0.3, -0.25) is 10.1 Å². The van der Waals surface area contributed by atoms with Crippen molar-refractivity contribution in [2.24, 2.45) is 11.8 Å². The second-order valence-corrected chi connectivity index (χ2v) is 12.3. The third-order valence-electron chi connectivity index (χ3n) is 7.59. The second kappa shape index (κ2) is 11.4.